The molecular weight excluding hydrogens is 423 g/mol. The Morgan fingerprint density at radius 1 is 0.917 bits per heavy atom. The fraction of sp³-hybridized carbons (Fsp3) is 0.429. The van der Waals surface area contributed by atoms with Crippen LogP contribution in [0.1, 0.15) is 27.2 Å². The van der Waals surface area contributed by atoms with Crippen LogP contribution in [0.15, 0.2) is 60.7 Å². The lowest BCUT2D eigenvalue weighted by Gasteiger charge is -2.43. The molecule has 0 amide bonds. The van der Waals surface area contributed by atoms with Gasteiger partial charge in [-0.05, 0) is 33.7 Å². The summed E-state index contributed by atoms with van der Waals surface area (Å²) in [7, 11) is -2.32. The maximum Gasteiger partial charge on any atom is 0.261 e. The molecule has 0 aliphatic heterocycles. The molecule has 24 heavy (non-hydrogen) atoms. The van der Waals surface area contributed by atoms with Crippen LogP contribution in [0, 0.1) is 11.8 Å². The van der Waals surface area contributed by atoms with Crippen molar-refractivity contribution < 1.29 is 4.43 Å². The van der Waals surface area contributed by atoms with Gasteiger partial charge in [0.1, 0.15) is 0 Å². The van der Waals surface area contributed by atoms with Gasteiger partial charge in [-0.3, -0.25) is 0 Å². The van der Waals surface area contributed by atoms with Crippen LogP contribution in [0.25, 0.3) is 0 Å². The van der Waals surface area contributed by atoms with Gasteiger partial charge in [-0.1, -0.05) is 104 Å². The van der Waals surface area contributed by atoms with Crippen LogP contribution >= 0.6 is 22.6 Å². The zero-order valence-electron chi connectivity index (χ0n) is 14.8. The predicted molar refractivity (Wildman–Crippen MR) is 114 cm³/mol. The summed E-state index contributed by atoms with van der Waals surface area (Å²) in [5.41, 5.74) is 0. The van der Waals surface area contributed by atoms with Crippen molar-refractivity contribution in [2.75, 3.05) is 11.0 Å². The molecule has 3 rings (SSSR count). The summed E-state index contributed by atoms with van der Waals surface area (Å²) in [6.45, 7) is 7.95. The average molecular weight is 450 g/mol. The van der Waals surface area contributed by atoms with Crippen LogP contribution in [-0.2, 0) is 4.43 Å². The monoisotopic (exact) mass is 450 g/mol. The van der Waals surface area contributed by atoms with E-state index in [1.807, 2.05) is 0 Å². The van der Waals surface area contributed by atoms with E-state index in [4.69, 9.17) is 4.43 Å². The predicted octanol–water partition coefficient (Wildman–Crippen LogP) is 4.63. The highest BCUT2D eigenvalue weighted by Gasteiger charge is 2.51. The second-order valence-electron chi connectivity index (χ2n) is 7.88. The standard InChI is InChI=1S/C21H27IOSi/c1-21(2,3)24(19-10-6-4-7-11-19,20-12-8-5-9-13-20)23-16-18-14-17(18)15-22/h4-13,17-18H,14-16H2,1-3H3/t17-,18-/m1/s1. The molecule has 0 bridgehead atoms. The molecule has 1 nitrogen and oxygen atoms in total. The van der Waals surface area contributed by atoms with E-state index in [1.54, 1.807) is 0 Å². The number of rotatable bonds is 6. The molecule has 2 atom stereocenters. The highest BCUT2D eigenvalue weighted by molar-refractivity contribution is 14.1. The fourth-order valence-corrected chi connectivity index (χ4v) is 9.40. The van der Waals surface area contributed by atoms with E-state index >= 15 is 0 Å². The Morgan fingerprint density at radius 3 is 1.79 bits per heavy atom. The molecule has 3 heteroatoms. The van der Waals surface area contributed by atoms with Gasteiger partial charge in [0.2, 0.25) is 0 Å². The zero-order valence-corrected chi connectivity index (χ0v) is 18.0. The van der Waals surface area contributed by atoms with Crippen molar-refractivity contribution in [2.45, 2.75) is 32.2 Å². The van der Waals surface area contributed by atoms with E-state index < -0.39 is 8.32 Å². The van der Waals surface area contributed by atoms with Crippen molar-refractivity contribution in [2.24, 2.45) is 11.8 Å². The van der Waals surface area contributed by atoms with E-state index in [1.165, 1.54) is 21.2 Å². The topological polar surface area (TPSA) is 9.23 Å². The van der Waals surface area contributed by atoms with Crippen molar-refractivity contribution in [1.29, 1.82) is 0 Å². The Balaban J connectivity index is 2.04. The Bertz CT molecular complexity index is 611. The van der Waals surface area contributed by atoms with Crippen LogP contribution in [0.4, 0.5) is 0 Å². The molecule has 1 aliphatic rings. The Kier molecular flexibility index (Phi) is 5.52. The molecule has 0 heterocycles. The molecule has 0 saturated heterocycles. The lowest BCUT2D eigenvalue weighted by molar-refractivity contribution is 0.276. The van der Waals surface area contributed by atoms with E-state index in [0.29, 0.717) is 0 Å². The third kappa shape index (κ3) is 3.49. The van der Waals surface area contributed by atoms with Gasteiger partial charge in [-0.2, -0.15) is 0 Å². The molecule has 0 unspecified atom stereocenters. The number of hydrogen-bond acceptors (Lipinski definition) is 1. The first-order chi connectivity index (χ1) is 11.5. The van der Waals surface area contributed by atoms with Crippen molar-refractivity contribution >= 4 is 41.3 Å². The van der Waals surface area contributed by atoms with Crippen LogP contribution < -0.4 is 10.4 Å². The van der Waals surface area contributed by atoms with Crippen LogP contribution in [-0.4, -0.2) is 19.4 Å². The maximum atomic E-state index is 6.96. The number of halogens is 1. The van der Waals surface area contributed by atoms with E-state index in [-0.39, 0.29) is 5.04 Å². The minimum absolute atomic E-state index is 0.0877. The van der Waals surface area contributed by atoms with Gasteiger partial charge in [-0.15, -0.1) is 0 Å². The number of benzene rings is 2. The van der Waals surface area contributed by atoms with Crippen molar-refractivity contribution in [3.05, 3.63) is 60.7 Å². The SMILES string of the molecule is CC(C)(C)[Si](OC[C@H]1C[C@@H]1CI)(c1ccccc1)c1ccccc1. The largest absolute Gasteiger partial charge is 0.407 e. The van der Waals surface area contributed by atoms with Gasteiger partial charge < -0.3 is 4.43 Å². The molecule has 0 radical (unpaired) electrons. The normalized spacial score (nSPS) is 20.8. The molecule has 2 aromatic rings. The summed E-state index contributed by atoms with van der Waals surface area (Å²) in [5.74, 6) is 1.62. The van der Waals surface area contributed by atoms with E-state index in [2.05, 4.69) is 104 Å². The first kappa shape index (κ1) is 18.1. The molecular formula is C21H27IOSi. The van der Waals surface area contributed by atoms with Gasteiger partial charge in [0.25, 0.3) is 8.32 Å². The van der Waals surface area contributed by atoms with Crippen molar-refractivity contribution in [1.82, 2.24) is 0 Å². The van der Waals surface area contributed by atoms with Gasteiger partial charge >= 0.3 is 0 Å². The fourth-order valence-electron chi connectivity index (χ4n) is 3.70. The second-order valence-corrected chi connectivity index (χ2v) is 13.1. The zero-order chi connectivity index (χ0) is 17.2. The van der Waals surface area contributed by atoms with E-state index in [0.717, 1.165) is 18.4 Å². The molecule has 0 aromatic heterocycles. The van der Waals surface area contributed by atoms with Crippen molar-refractivity contribution in [3.63, 3.8) is 0 Å². The first-order valence-electron chi connectivity index (χ1n) is 8.80. The second kappa shape index (κ2) is 7.30. The van der Waals surface area contributed by atoms with Gasteiger partial charge in [-0.25, -0.2) is 0 Å². The molecule has 0 N–H and O–H groups in total. The molecule has 1 saturated carbocycles. The summed E-state index contributed by atoms with van der Waals surface area (Å²) in [5, 5.41) is 2.86. The quantitative estimate of drug-likeness (QED) is 0.354. The number of alkyl halides is 1. The summed E-state index contributed by atoms with van der Waals surface area (Å²) in [6, 6.07) is 21.9. The van der Waals surface area contributed by atoms with Gasteiger partial charge in [0.15, 0.2) is 0 Å². The summed E-state index contributed by atoms with van der Waals surface area (Å²) in [4.78, 5) is 0. The van der Waals surface area contributed by atoms with Crippen LogP contribution in [0.5, 0.6) is 0 Å². The average Bonchev–Trinajstić information content (AvgIpc) is 3.35. The van der Waals surface area contributed by atoms with E-state index in [9.17, 15) is 0 Å². The molecule has 1 fully saturated rings. The van der Waals surface area contributed by atoms with Gasteiger partial charge in [0, 0.05) is 11.0 Å². The Morgan fingerprint density at radius 2 is 1.42 bits per heavy atom. The Hall–Kier alpha value is -0.653. The minimum Gasteiger partial charge on any atom is -0.407 e. The summed E-state index contributed by atoms with van der Waals surface area (Å²) < 4.78 is 8.21. The molecule has 128 valence electrons. The third-order valence-electron chi connectivity index (χ3n) is 5.20. The van der Waals surface area contributed by atoms with Crippen LogP contribution in [0.3, 0.4) is 0 Å². The smallest absolute Gasteiger partial charge is 0.261 e. The molecule has 2 aromatic carbocycles. The Labute approximate surface area is 161 Å². The molecule has 0 spiro atoms. The first-order valence-corrected chi connectivity index (χ1v) is 12.2. The highest BCUT2D eigenvalue weighted by atomic mass is 127. The summed E-state index contributed by atoms with van der Waals surface area (Å²) in [6.07, 6.45) is 1.33. The lowest BCUT2D eigenvalue weighted by atomic mass is 10.2. The highest BCUT2D eigenvalue weighted by Crippen LogP contribution is 2.43. The minimum atomic E-state index is -2.32. The van der Waals surface area contributed by atoms with Crippen molar-refractivity contribution in [3.8, 4) is 0 Å². The molecule has 1 aliphatic carbocycles. The number of hydrogen-bond donors (Lipinski definition) is 0. The third-order valence-corrected chi connectivity index (χ3v) is 11.3. The lowest BCUT2D eigenvalue weighted by Crippen LogP contribution is -2.66. The van der Waals surface area contributed by atoms with Gasteiger partial charge in [0.05, 0.1) is 0 Å². The summed E-state index contributed by atoms with van der Waals surface area (Å²) >= 11 is 2.51. The van der Waals surface area contributed by atoms with Crippen LogP contribution in [0.2, 0.25) is 5.04 Å². The maximum absolute atomic E-state index is 6.96.